The van der Waals surface area contributed by atoms with Crippen LogP contribution in [0.15, 0.2) is 0 Å². The van der Waals surface area contributed by atoms with E-state index in [0.29, 0.717) is 36.4 Å². The maximum absolute atomic E-state index is 6.87. The molecule has 0 N–H and O–H groups in total. The second-order valence-corrected chi connectivity index (χ2v) is 20.7. The fraction of sp³-hybridized carbons (Fsp3) is 1.00. The molecular formula is C21H48O6Si3. The minimum Gasteiger partial charge on any atom is -0.413 e. The van der Waals surface area contributed by atoms with Crippen LogP contribution in [-0.4, -0.2) is 64.2 Å². The van der Waals surface area contributed by atoms with Gasteiger partial charge in [-0.25, -0.2) is 0 Å². The summed E-state index contributed by atoms with van der Waals surface area (Å²) in [6.45, 7) is 21.7. The molecule has 1 aliphatic rings. The van der Waals surface area contributed by atoms with Gasteiger partial charge in [-0.3, -0.25) is 0 Å². The summed E-state index contributed by atoms with van der Waals surface area (Å²) in [7, 11) is -7.72. The first-order valence-corrected chi connectivity index (χ1v) is 18.6. The lowest BCUT2D eigenvalue weighted by Crippen LogP contribution is -2.74. The molecule has 30 heavy (non-hydrogen) atoms. The van der Waals surface area contributed by atoms with E-state index in [0.717, 1.165) is 38.0 Å². The van der Waals surface area contributed by atoms with Crippen molar-refractivity contribution in [1.82, 2.24) is 0 Å². The van der Waals surface area contributed by atoms with E-state index in [1.807, 2.05) is 0 Å². The molecule has 0 aromatic rings. The molecule has 0 radical (unpaired) electrons. The molecule has 180 valence electrons. The van der Waals surface area contributed by atoms with Gasteiger partial charge in [-0.05, 0) is 35.9 Å². The molecule has 0 aliphatic carbocycles. The Morgan fingerprint density at radius 3 is 0.900 bits per heavy atom. The van der Waals surface area contributed by atoms with Gasteiger partial charge in [0, 0.05) is 19.8 Å². The molecule has 0 saturated carbocycles. The maximum Gasteiger partial charge on any atom is 0.347 e. The molecule has 0 amide bonds. The molecular weight excluding hydrogens is 432 g/mol. The predicted molar refractivity (Wildman–Crippen MR) is 129 cm³/mol. The quantitative estimate of drug-likeness (QED) is 0.305. The Labute approximate surface area is 189 Å². The summed E-state index contributed by atoms with van der Waals surface area (Å²) in [6, 6.07) is 2.56. The van der Waals surface area contributed by atoms with Crippen molar-refractivity contribution in [3.63, 3.8) is 0 Å². The van der Waals surface area contributed by atoms with Crippen LogP contribution in [0.2, 0.25) is 18.1 Å². The van der Waals surface area contributed by atoms with Gasteiger partial charge in [-0.15, -0.1) is 0 Å². The smallest absolute Gasteiger partial charge is 0.347 e. The SMILES string of the molecule is CC[Si]1(COCC(C)C)O[Si](CC)(COCC(C)C)O[Si](CC)(COCC(C)C)O1. The van der Waals surface area contributed by atoms with Gasteiger partial charge >= 0.3 is 25.7 Å². The molecule has 1 saturated heterocycles. The molecule has 0 spiro atoms. The molecule has 1 aliphatic heterocycles. The molecule has 0 aromatic carbocycles. The highest BCUT2D eigenvalue weighted by molar-refractivity contribution is 6.94. The van der Waals surface area contributed by atoms with Gasteiger partial charge < -0.3 is 26.6 Å². The standard InChI is InChI=1S/C21H48O6Si3/c1-10-28(16-22-13-19(4)5)25-29(11-2,17-23-14-20(6)7)27-30(12-3,26-28)18-24-15-21(8)9/h19-21H,10-18H2,1-9H3. The second-order valence-electron chi connectivity index (χ2n) is 9.83. The summed E-state index contributed by atoms with van der Waals surface area (Å²) >= 11 is 0. The minimum absolute atomic E-state index is 0.484. The van der Waals surface area contributed by atoms with Crippen LogP contribution < -0.4 is 0 Å². The lowest BCUT2D eigenvalue weighted by molar-refractivity contribution is 0.0708. The summed E-state index contributed by atoms with van der Waals surface area (Å²) < 4.78 is 38.9. The van der Waals surface area contributed by atoms with E-state index in [-0.39, 0.29) is 0 Å². The first-order valence-electron chi connectivity index (χ1n) is 11.9. The Kier molecular flexibility index (Phi) is 12.5. The van der Waals surface area contributed by atoms with E-state index in [9.17, 15) is 0 Å². The van der Waals surface area contributed by atoms with E-state index < -0.39 is 25.7 Å². The van der Waals surface area contributed by atoms with Crippen molar-refractivity contribution >= 4 is 25.7 Å². The van der Waals surface area contributed by atoms with E-state index in [2.05, 4.69) is 62.3 Å². The molecule has 0 unspecified atom stereocenters. The Bertz CT molecular complexity index is 403. The van der Waals surface area contributed by atoms with Crippen LogP contribution in [0.1, 0.15) is 62.3 Å². The summed E-state index contributed by atoms with van der Waals surface area (Å²) in [5.41, 5.74) is 0. The molecule has 0 atom stereocenters. The number of hydrogen-bond acceptors (Lipinski definition) is 6. The van der Waals surface area contributed by atoms with Gasteiger partial charge in [0.25, 0.3) is 0 Å². The van der Waals surface area contributed by atoms with Gasteiger partial charge in [0.15, 0.2) is 0 Å². The van der Waals surface area contributed by atoms with E-state index >= 15 is 0 Å². The molecule has 1 rings (SSSR count). The van der Waals surface area contributed by atoms with Gasteiger partial charge in [0.2, 0.25) is 0 Å². The largest absolute Gasteiger partial charge is 0.413 e. The highest BCUT2D eigenvalue weighted by Gasteiger charge is 2.61. The monoisotopic (exact) mass is 480 g/mol. The average Bonchev–Trinajstić information content (AvgIpc) is 2.67. The Hall–Kier alpha value is 0.411. The average molecular weight is 481 g/mol. The van der Waals surface area contributed by atoms with Crippen LogP contribution in [0.4, 0.5) is 0 Å². The van der Waals surface area contributed by atoms with Crippen molar-refractivity contribution < 1.29 is 26.6 Å². The van der Waals surface area contributed by atoms with Crippen molar-refractivity contribution in [2.45, 2.75) is 80.4 Å². The predicted octanol–water partition coefficient (Wildman–Crippen LogP) is 5.07. The second kappa shape index (κ2) is 13.2. The van der Waals surface area contributed by atoms with Crippen molar-refractivity contribution in [2.24, 2.45) is 17.8 Å². The number of rotatable bonds is 15. The first kappa shape index (κ1) is 28.4. The molecule has 0 aromatic heterocycles. The van der Waals surface area contributed by atoms with Crippen LogP contribution in [0.3, 0.4) is 0 Å². The van der Waals surface area contributed by atoms with Crippen LogP contribution >= 0.6 is 0 Å². The van der Waals surface area contributed by atoms with E-state index in [1.165, 1.54) is 0 Å². The van der Waals surface area contributed by atoms with Gasteiger partial charge in [0.05, 0.1) is 18.7 Å². The van der Waals surface area contributed by atoms with Crippen molar-refractivity contribution in [3.8, 4) is 0 Å². The number of hydrogen-bond donors (Lipinski definition) is 0. The molecule has 1 heterocycles. The maximum atomic E-state index is 6.87. The summed E-state index contributed by atoms with van der Waals surface area (Å²) in [5, 5.41) is 0. The van der Waals surface area contributed by atoms with Gasteiger partial charge in [-0.2, -0.15) is 0 Å². The summed E-state index contributed by atoms with van der Waals surface area (Å²) in [5.74, 6) is 1.45. The summed E-state index contributed by atoms with van der Waals surface area (Å²) in [4.78, 5) is 0. The van der Waals surface area contributed by atoms with Crippen LogP contribution in [0, 0.1) is 17.8 Å². The lowest BCUT2D eigenvalue weighted by Gasteiger charge is -2.52. The van der Waals surface area contributed by atoms with Crippen molar-refractivity contribution in [2.75, 3.05) is 38.5 Å². The first-order chi connectivity index (χ1) is 14.1. The molecule has 9 heteroatoms. The topological polar surface area (TPSA) is 55.4 Å². The zero-order valence-electron chi connectivity index (χ0n) is 21.0. The molecule has 0 bridgehead atoms. The van der Waals surface area contributed by atoms with Crippen LogP contribution in [0.5, 0.6) is 0 Å². The zero-order valence-corrected chi connectivity index (χ0v) is 24.0. The zero-order chi connectivity index (χ0) is 22.8. The number of ether oxygens (including phenoxy) is 3. The minimum atomic E-state index is -2.57. The Morgan fingerprint density at radius 1 is 0.500 bits per heavy atom. The van der Waals surface area contributed by atoms with Crippen LogP contribution in [-0.2, 0) is 26.6 Å². The summed E-state index contributed by atoms with van der Waals surface area (Å²) in [6.07, 6.45) is 1.68. The fourth-order valence-corrected chi connectivity index (χ4v) is 19.9. The third-order valence-electron chi connectivity index (χ3n) is 5.05. The van der Waals surface area contributed by atoms with E-state index in [4.69, 9.17) is 26.6 Å². The third-order valence-corrected chi connectivity index (χ3v) is 19.1. The molecule has 1 fully saturated rings. The van der Waals surface area contributed by atoms with Crippen LogP contribution in [0.25, 0.3) is 0 Å². The van der Waals surface area contributed by atoms with Gasteiger partial charge in [0.1, 0.15) is 0 Å². The lowest BCUT2D eigenvalue weighted by atomic mass is 10.2. The third kappa shape index (κ3) is 9.11. The normalized spacial score (nSPS) is 30.0. The highest BCUT2D eigenvalue weighted by atomic mass is 28.5. The van der Waals surface area contributed by atoms with Crippen molar-refractivity contribution in [1.29, 1.82) is 0 Å². The Morgan fingerprint density at radius 2 is 0.733 bits per heavy atom. The fourth-order valence-electron chi connectivity index (χ4n) is 3.35. The van der Waals surface area contributed by atoms with Gasteiger partial charge in [-0.1, -0.05) is 62.3 Å². The molecule has 6 nitrogen and oxygen atoms in total. The highest BCUT2D eigenvalue weighted by Crippen LogP contribution is 2.37. The van der Waals surface area contributed by atoms with Crippen molar-refractivity contribution in [3.05, 3.63) is 0 Å². The van der Waals surface area contributed by atoms with E-state index in [1.54, 1.807) is 0 Å². The Balaban J connectivity index is 3.13.